The first-order valence-electron chi connectivity index (χ1n) is 5.66. The smallest absolute Gasteiger partial charge is 0.413 e. The molecule has 1 atom stereocenters. The molecule has 0 aliphatic carbocycles. The standard InChI is InChI=1S/C13H11F3N2O2/c1-17-6-7-2-3-10-8(4-7)5-9(12(19)20)11(18-10)13(14,15)16/h2-5,11,18H,1,6H2,(H,19,20). The minimum Gasteiger partial charge on any atom is -0.478 e. The van der Waals surface area contributed by atoms with Crippen molar-refractivity contribution >= 4 is 24.5 Å². The molecule has 1 heterocycles. The molecule has 0 amide bonds. The van der Waals surface area contributed by atoms with Crippen LogP contribution in [0.15, 0.2) is 28.8 Å². The van der Waals surface area contributed by atoms with Gasteiger partial charge < -0.3 is 10.4 Å². The van der Waals surface area contributed by atoms with E-state index in [-0.39, 0.29) is 5.69 Å². The Morgan fingerprint density at radius 3 is 2.70 bits per heavy atom. The van der Waals surface area contributed by atoms with Crippen molar-refractivity contribution in [3.8, 4) is 0 Å². The lowest BCUT2D eigenvalue weighted by Gasteiger charge is -2.28. The molecule has 1 aliphatic rings. The Balaban J connectivity index is 2.48. The Labute approximate surface area is 112 Å². The maximum absolute atomic E-state index is 12.9. The Bertz CT molecular complexity index is 594. The number of anilines is 1. The average molecular weight is 284 g/mol. The number of rotatable bonds is 3. The van der Waals surface area contributed by atoms with Crippen LogP contribution in [0, 0.1) is 0 Å². The normalized spacial score (nSPS) is 17.8. The molecule has 0 radical (unpaired) electrons. The lowest BCUT2D eigenvalue weighted by molar-refractivity contribution is -0.146. The van der Waals surface area contributed by atoms with Crippen molar-refractivity contribution in [3.05, 3.63) is 34.9 Å². The molecule has 0 saturated carbocycles. The first-order chi connectivity index (χ1) is 9.32. The number of carboxylic acids is 1. The van der Waals surface area contributed by atoms with E-state index in [0.29, 0.717) is 12.1 Å². The van der Waals surface area contributed by atoms with Gasteiger partial charge in [-0.25, -0.2) is 4.79 Å². The Hall–Kier alpha value is -2.31. The van der Waals surface area contributed by atoms with Crippen molar-refractivity contribution in [2.24, 2.45) is 4.99 Å². The third-order valence-corrected chi connectivity index (χ3v) is 2.91. The van der Waals surface area contributed by atoms with Crippen LogP contribution in [0.1, 0.15) is 11.1 Å². The summed E-state index contributed by atoms with van der Waals surface area (Å²) in [6.45, 7) is 3.64. The number of hydrogen-bond acceptors (Lipinski definition) is 3. The number of carboxylic acid groups (broad SMARTS) is 1. The van der Waals surface area contributed by atoms with Crippen molar-refractivity contribution in [1.29, 1.82) is 0 Å². The van der Waals surface area contributed by atoms with E-state index in [1.54, 1.807) is 12.1 Å². The van der Waals surface area contributed by atoms with E-state index in [0.717, 1.165) is 11.6 Å². The number of aliphatic carboxylic acids is 1. The van der Waals surface area contributed by atoms with Gasteiger partial charge in [0.25, 0.3) is 0 Å². The summed E-state index contributed by atoms with van der Waals surface area (Å²) in [6, 6.07) is 2.47. The second kappa shape index (κ2) is 4.99. The molecule has 1 unspecified atom stereocenters. The molecule has 0 spiro atoms. The fourth-order valence-corrected chi connectivity index (χ4v) is 2.02. The van der Waals surface area contributed by atoms with Gasteiger partial charge in [-0.2, -0.15) is 13.2 Å². The molecule has 2 N–H and O–H groups in total. The second-order valence-corrected chi connectivity index (χ2v) is 4.33. The zero-order chi connectivity index (χ0) is 14.9. The largest absolute Gasteiger partial charge is 0.478 e. The van der Waals surface area contributed by atoms with E-state index in [2.05, 4.69) is 17.0 Å². The summed E-state index contributed by atoms with van der Waals surface area (Å²) < 4.78 is 38.6. The molecule has 0 aromatic heterocycles. The van der Waals surface area contributed by atoms with Crippen molar-refractivity contribution in [2.45, 2.75) is 18.8 Å². The van der Waals surface area contributed by atoms with Gasteiger partial charge in [0.2, 0.25) is 0 Å². The molecule has 7 heteroatoms. The van der Waals surface area contributed by atoms with Crippen LogP contribution in [-0.2, 0) is 11.3 Å². The topological polar surface area (TPSA) is 61.7 Å². The van der Waals surface area contributed by atoms with Gasteiger partial charge in [-0.05, 0) is 36.1 Å². The molecule has 2 rings (SSSR count). The van der Waals surface area contributed by atoms with Crippen LogP contribution in [0.3, 0.4) is 0 Å². The van der Waals surface area contributed by atoms with Crippen LogP contribution < -0.4 is 5.32 Å². The lowest BCUT2D eigenvalue weighted by atomic mass is 9.96. The van der Waals surface area contributed by atoms with Gasteiger partial charge in [0.15, 0.2) is 6.04 Å². The van der Waals surface area contributed by atoms with Gasteiger partial charge in [0.05, 0.1) is 12.1 Å². The Morgan fingerprint density at radius 2 is 2.15 bits per heavy atom. The number of carbonyl (C=O) groups is 1. The van der Waals surface area contributed by atoms with Crippen LogP contribution in [0.4, 0.5) is 18.9 Å². The Morgan fingerprint density at radius 1 is 1.45 bits per heavy atom. The van der Waals surface area contributed by atoms with Crippen molar-refractivity contribution in [3.63, 3.8) is 0 Å². The molecule has 1 aromatic rings. The number of fused-ring (bicyclic) bond motifs is 1. The summed E-state index contributed by atoms with van der Waals surface area (Å²) in [7, 11) is 0. The number of halogens is 3. The molecule has 1 aliphatic heterocycles. The number of benzene rings is 1. The molecule has 0 saturated heterocycles. The highest BCUT2D eigenvalue weighted by Crippen LogP contribution is 2.35. The molecule has 1 aromatic carbocycles. The molecular weight excluding hydrogens is 273 g/mol. The maximum atomic E-state index is 12.9. The van der Waals surface area contributed by atoms with Gasteiger partial charge in [-0.1, -0.05) is 6.07 Å². The maximum Gasteiger partial charge on any atom is 0.413 e. The van der Waals surface area contributed by atoms with Crippen molar-refractivity contribution in [1.82, 2.24) is 0 Å². The third-order valence-electron chi connectivity index (χ3n) is 2.91. The number of alkyl halides is 3. The van der Waals surface area contributed by atoms with Gasteiger partial charge in [-0.3, -0.25) is 4.99 Å². The summed E-state index contributed by atoms with van der Waals surface area (Å²) >= 11 is 0. The predicted molar refractivity (Wildman–Crippen MR) is 68.8 cm³/mol. The zero-order valence-corrected chi connectivity index (χ0v) is 10.2. The van der Waals surface area contributed by atoms with E-state index in [1.165, 1.54) is 6.07 Å². The molecule has 4 nitrogen and oxygen atoms in total. The molecule has 0 fully saturated rings. The van der Waals surface area contributed by atoms with Gasteiger partial charge in [0.1, 0.15) is 0 Å². The van der Waals surface area contributed by atoms with E-state index in [4.69, 9.17) is 5.11 Å². The second-order valence-electron chi connectivity index (χ2n) is 4.33. The SMILES string of the molecule is C=NCc1ccc2c(c1)C=C(C(=O)O)C(C(F)(F)F)N2. The van der Waals surface area contributed by atoms with E-state index in [1.807, 2.05) is 0 Å². The summed E-state index contributed by atoms with van der Waals surface area (Å²) in [4.78, 5) is 14.7. The molecular formula is C13H11F3N2O2. The van der Waals surface area contributed by atoms with Crippen LogP contribution in [-0.4, -0.2) is 30.0 Å². The lowest BCUT2D eigenvalue weighted by Crippen LogP contribution is -2.41. The summed E-state index contributed by atoms with van der Waals surface area (Å²) in [6.07, 6.45) is -3.64. The summed E-state index contributed by atoms with van der Waals surface area (Å²) in [5.74, 6) is -1.60. The number of hydrogen-bond donors (Lipinski definition) is 2. The van der Waals surface area contributed by atoms with Crippen LogP contribution in [0.25, 0.3) is 6.08 Å². The van der Waals surface area contributed by atoms with Crippen LogP contribution >= 0.6 is 0 Å². The quantitative estimate of drug-likeness (QED) is 0.839. The van der Waals surface area contributed by atoms with Crippen LogP contribution in [0.2, 0.25) is 0 Å². The fourth-order valence-electron chi connectivity index (χ4n) is 2.02. The Kier molecular flexibility index (Phi) is 3.52. The van der Waals surface area contributed by atoms with E-state index >= 15 is 0 Å². The van der Waals surface area contributed by atoms with Gasteiger partial charge in [-0.15, -0.1) is 0 Å². The molecule has 20 heavy (non-hydrogen) atoms. The number of nitrogens with zero attached hydrogens (tertiary/aromatic N) is 1. The highest BCUT2D eigenvalue weighted by atomic mass is 19.4. The third kappa shape index (κ3) is 2.66. The monoisotopic (exact) mass is 284 g/mol. The number of aliphatic imine (C=N–C) groups is 1. The molecule has 0 bridgehead atoms. The highest BCUT2D eigenvalue weighted by molar-refractivity contribution is 5.97. The van der Waals surface area contributed by atoms with Gasteiger partial charge >= 0.3 is 12.1 Å². The fraction of sp³-hybridized carbons (Fsp3) is 0.231. The summed E-state index contributed by atoms with van der Waals surface area (Å²) in [5.41, 5.74) is 0.648. The zero-order valence-electron chi connectivity index (χ0n) is 10.2. The average Bonchev–Trinajstić information content (AvgIpc) is 2.36. The highest BCUT2D eigenvalue weighted by Gasteiger charge is 2.46. The minimum atomic E-state index is -4.68. The first kappa shape index (κ1) is 14.1. The first-order valence-corrected chi connectivity index (χ1v) is 5.66. The minimum absolute atomic E-state index is 0.241. The molecule has 106 valence electrons. The van der Waals surface area contributed by atoms with E-state index < -0.39 is 23.8 Å². The van der Waals surface area contributed by atoms with E-state index in [9.17, 15) is 18.0 Å². The van der Waals surface area contributed by atoms with Crippen LogP contribution in [0.5, 0.6) is 0 Å². The predicted octanol–water partition coefficient (Wildman–Crippen LogP) is 2.71. The number of nitrogens with one attached hydrogen (secondary N) is 1. The van der Waals surface area contributed by atoms with Gasteiger partial charge in [0, 0.05) is 5.69 Å². The summed E-state index contributed by atoms with van der Waals surface area (Å²) in [5, 5.41) is 11.2. The van der Waals surface area contributed by atoms with Crippen molar-refractivity contribution in [2.75, 3.05) is 5.32 Å². The van der Waals surface area contributed by atoms with Crippen molar-refractivity contribution < 1.29 is 23.1 Å².